The van der Waals surface area contributed by atoms with Gasteiger partial charge in [0.25, 0.3) is 0 Å². The summed E-state index contributed by atoms with van der Waals surface area (Å²) in [6, 6.07) is 16.8. The fourth-order valence-electron chi connectivity index (χ4n) is 2.69. The number of rotatable bonds is 1. The van der Waals surface area contributed by atoms with E-state index in [0.717, 1.165) is 0 Å². The highest BCUT2D eigenvalue weighted by atomic mass is 16.1. The van der Waals surface area contributed by atoms with Gasteiger partial charge in [-0.15, -0.1) is 0 Å². The van der Waals surface area contributed by atoms with Gasteiger partial charge in [0.05, 0.1) is 0 Å². The molecule has 0 aromatic heterocycles. The normalized spacial score (nSPS) is 18.4. The number of hydrogen-bond acceptors (Lipinski definition) is 1. The number of amides is 1. The van der Waals surface area contributed by atoms with Gasteiger partial charge < -0.3 is 5.32 Å². The molecular formula is C17H17NO. The van der Waals surface area contributed by atoms with Gasteiger partial charge in [0, 0.05) is 18.9 Å². The van der Waals surface area contributed by atoms with Crippen LogP contribution in [-0.4, -0.2) is 5.91 Å². The fourth-order valence-corrected chi connectivity index (χ4v) is 2.69. The molecule has 1 atom stereocenters. The average Bonchev–Trinajstić information content (AvgIpc) is 2.60. The number of carbonyl (C=O) groups is 1. The van der Waals surface area contributed by atoms with Crippen molar-refractivity contribution in [2.24, 2.45) is 0 Å². The third kappa shape index (κ3) is 2.39. The minimum absolute atomic E-state index is 0.127. The smallest absolute Gasteiger partial charge is 0.221 e. The van der Waals surface area contributed by atoms with Crippen molar-refractivity contribution in [2.45, 2.75) is 25.8 Å². The highest BCUT2D eigenvalue weighted by molar-refractivity contribution is 5.78. The molecule has 19 heavy (non-hydrogen) atoms. The fraction of sp³-hybridized carbons (Fsp3) is 0.235. The number of aryl methyl sites for hydroxylation is 1. The van der Waals surface area contributed by atoms with E-state index >= 15 is 0 Å². The van der Waals surface area contributed by atoms with Crippen LogP contribution >= 0.6 is 0 Å². The Kier molecular flexibility index (Phi) is 3.08. The molecule has 0 spiro atoms. The van der Waals surface area contributed by atoms with Crippen LogP contribution in [0.15, 0.2) is 48.5 Å². The van der Waals surface area contributed by atoms with E-state index in [4.69, 9.17) is 0 Å². The van der Waals surface area contributed by atoms with E-state index in [-0.39, 0.29) is 11.8 Å². The van der Waals surface area contributed by atoms with Crippen LogP contribution < -0.4 is 5.32 Å². The summed E-state index contributed by atoms with van der Waals surface area (Å²) in [5, 5.41) is 2.97. The van der Waals surface area contributed by atoms with E-state index in [2.05, 4.69) is 54.7 Å². The lowest BCUT2D eigenvalue weighted by molar-refractivity contribution is -0.121. The summed E-state index contributed by atoms with van der Waals surface area (Å²) in [6.45, 7) is 2.72. The topological polar surface area (TPSA) is 29.1 Å². The molecule has 3 rings (SSSR count). The van der Waals surface area contributed by atoms with E-state index in [1.165, 1.54) is 22.3 Å². The molecule has 1 aliphatic rings. The minimum atomic E-state index is 0.127. The van der Waals surface area contributed by atoms with Crippen molar-refractivity contribution >= 4 is 5.91 Å². The van der Waals surface area contributed by atoms with Crippen molar-refractivity contribution in [2.75, 3.05) is 0 Å². The molecule has 1 N–H and O–H groups in total. The van der Waals surface area contributed by atoms with Crippen LogP contribution in [0.5, 0.6) is 0 Å². The van der Waals surface area contributed by atoms with Gasteiger partial charge in [-0.3, -0.25) is 4.79 Å². The largest absolute Gasteiger partial charge is 0.352 e. The lowest BCUT2D eigenvalue weighted by Gasteiger charge is -2.17. The quantitative estimate of drug-likeness (QED) is 0.828. The molecule has 1 aliphatic heterocycles. The Morgan fingerprint density at radius 3 is 2.58 bits per heavy atom. The van der Waals surface area contributed by atoms with Crippen LogP contribution in [0.1, 0.15) is 34.6 Å². The number of fused-ring (bicyclic) bond motifs is 1. The Morgan fingerprint density at radius 2 is 1.79 bits per heavy atom. The highest BCUT2D eigenvalue weighted by Crippen LogP contribution is 2.32. The Balaban J connectivity index is 2.07. The molecule has 1 amide bonds. The van der Waals surface area contributed by atoms with E-state index in [1.807, 2.05) is 6.07 Å². The maximum absolute atomic E-state index is 11.9. The Labute approximate surface area is 113 Å². The zero-order chi connectivity index (χ0) is 13.2. The van der Waals surface area contributed by atoms with Gasteiger partial charge in [0.1, 0.15) is 0 Å². The Bertz CT molecular complexity index is 601. The third-order valence-corrected chi connectivity index (χ3v) is 3.78. The maximum Gasteiger partial charge on any atom is 0.221 e. The summed E-state index contributed by atoms with van der Waals surface area (Å²) in [4.78, 5) is 11.9. The zero-order valence-electron chi connectivity index (χ0n) is 11.0. The Morgan fingerprint density at radius 1 is 1.05 bits per heavy atom. The van der Waals surface area contributed by atoms with Crippen molar-refractivity contribution in [3.05, 3.63) is 70.8 Å². The summed E-state index contributed by atoms with van der Waals surface area (Å²) in [7, 11) is 0. The van der Waals surface area contributed by atoms with Crippen LogP contribution in [0.4, 0.5) is 0 Å². The lowest BCUT2D eigenvalue weighted by Crippen LogP contribution is -2.21. The minimum Gasteiger partial charge on any atom is -0.352 e. The zero-order valence-corrected chi connectivity index (χ0v) is 11.0. The summed E-state index contributed by atoms with van der Waals surface area (Å²) < 4.78 is 0. The second-order valence-corrected chi connectivity index (χ2v) is 5.14. The molecule has 0 radical (unpaired) electrons. The summed E-state index contributed by atoms with van der Waals surface area (Å²) in [6.07, 6.45) is 0.528. The number of carbonyl (C=O) groups excluding carboxylic acids is 1. The SMILES string of the molecule is Cc1ccc(C2CC(=O)NCc3ccccc32)cc1. The molecule has 0 aliphatic carbocycles. The maximum atomic E-state index is 11.9. The molecule has 2 heteroatoms. The van der Waals surface area contributed by atoms with Crippen molar-refractivity contribution in [3.63, 3.8) is 0 Å². The van der Waals surface area contributed by atoms with Crippen LogP contribution in [0.2, 0.25) is 0 Å². The first-order valence-electron chi connectivity index (χ1n) is 6.65. The van der Waals surface area contributed by atoms with Gasteiger partial charge in [-0.05, 0) is 23.6 Å². The summed E-state index contributed by atoms with van der Waals surface area (Å²) in [5.74, 6) is 0.293. The molecule has 1 unspecified atom stereocenters. The number of hydrogen-bond donors (Lipinski definition) is 1. The van der Waals surface area contributed by atoms with Gasteiger partial charge in [-0.1, -0.05) is 54.1 Å². The number of benzene rings is 2. The first-order chi connectivity index (χ1) is 9.24. The molecule has 0 fully saturated rings. The molecule has 2 aromatic carbocycles. The average molecular weight is 251 g/mol. The molecule has 0 saturated carbocycles. The molecule has 1 heterocycles. The molecule has 2 nitrogen and oxygen atoms in total. The molecule has 96 valence electrons. The first-order valence-corrected chi connectivity index (χ1v) is 6.65. The van der Waals surface area contributed by atoms with E-state index in [0.29, 0.717) is 13.0 Å². The Hall–Kier alpha value is -2.09. The van der Waals surface area contributed by atoms with Crippen LogP contribution in [-0.2, 0) is 11.3 Å². The predicted octanol–water partition coefficient (Wildman–Crippen LogP) is 3.15. The summed E-state index contributed by atoms with van der Waals surface area (Å²) >= 11 is 0. The van der Waals surface area contributed by atoms with Crippen molar-refractivity contribution in [1.82, 2.24) is 5.32 Å². The predicted molar refractivity (Wildman–Crippen MR) is 75.9 cm³/mol. The van der Waals surface area contributed by atoms with Crippen molar-refractivity contribution in [1.29, 1.82) is 0 Å². The third-order valence-electron chi connectivity index (χ3n) is 3.78. The second kappa shape index (κ2) is 4.88. The first kappa shape index (κ1) is 12.0. The summed E-state index contributed by atoms with van der Waals surface area (Å²) in [5.41, 5.74) is 4.95. The van der Waals surface area contributed by atoms with Gasteiger partial charge in [0.2, 0.25) is 5.91 Å². The van der Waals surface area contributed by atoms with Crippen LogP contribution in [0.3, 0.4) is 0 Å². The second-order valence-electron chi connectivity index (χ2n) is 5.14. The molecule has 0 saturated heterocycles. The van der Waals surface area contributed by atoms with Crippen molar-refractivity contribution < 1.29 is 4.79 Å². The molecular weight excluding hydrogens is 234 g/mol. The number of nitrogens with one attached hydrogen (secondary N) is 1. The molecule has 2 aromatic rings. The standard InChI is InChI=1S/C17H17NO/c1-12-6-8-13(9-7-12)16-10-17(19)18-11-14-4-2-3-5-15(14)16/h2-9,16H,10-11H2,1H3,(H,18,19). The monoisotopic (exact) mass is 251 g/mol. The van der Waals surface area contributed by atoms with Crippen LogP contribution in [0, 0.1) is 6.92 Å². The van der Waals surface area contributed by atoms with Gasteiger partial charge in [-0.25, -0.2) is 0 Å². The van der Waals surface area contributed by atoms with Crippen molar-refractivity contribution in [3.8, 4) is 0 Å². The molecule has 0 bridgehead atoms. The van der Waals surface area contributed by atoms with Gasteiger partial charge in [-0.2, -0.15) is 0 Å². The van der Waals surface area contributed by atoms with Gasteiger partial charge in [0.15, 0.2) is 0 Å². The lowest BCUT2D eigenvalue weighted by atomic mass is 9.86. The highest BCUT2D eigenvalue weighted by Gasteiger charge is 2.23. The van der Waals surface area contributed by atoms with E-state index in [1.54, 1.807) is 0 Å². The van der Waals surface area contributed by atoms with E-state index in [9.17, 15) is 4.79 Å². The van der Waals surface area contributed by atoms with Gasteiger partial charge >= 0.3 is 0 Å². The van der Waals surface area contributed by atoms with E-state index < -0.39 is 0 Å². The van der Waals surface area contributed by atoms with Crippen LogP contribution in [0.25, 0.3) is 0 Å².